The van der Waals surface area contributed by atoms with E-state index in [1.165, 1.54) is 49.5 Å². The molecule has 1 heterocycles. The van der Waals surface area contributed by atoms with Crippen molar-refractivity contribution in [3.8, 4) is 0 Å². The summed E-state index contributed by atoms with van der Waals surface area (Å²) in [5, 5.41) is 2.90. The molecular weight excluding hydrogens is 324 g/mol. The van der Waals surface area contributed by atoms with Gasteiger partial charge in [0.25, 0.3) is 5.56 Å². The lowest BCUT2D eigenvalue weighted by Gasteiger charge is -2.14. The van der Waals surface area contributed by atoms with Gasteiger partial charge in [-0.15, -0.1) is 0 Å². The van der Waals surface area contributed by atoms with E-state index in [0.29, 0.717) is 17.4 Å². The summed E-state index contributed by atoms with van der Waals surface area (Å²) in [5.41, 5.74) is -0.485. The molecule has 3 rings (SSSR count). The minimum Gasteiger partial charge on any atom is -0.355 e. The zero-order chi connectivity index (χ0) is 17.5. The summed E-state index contributed by atoms with van der Waals surface area (Å²) in [5.74, 6) is -0.392. The van der Waals surface area contributed by atoms with Gasteiger partial charge in [0.15, 0.2) is 0 Å². The molecule has 0 saturated heterocycles. The van der Waals surface area contributed by atoms with Gasteiger partial charge >= 0.3 is 6.18 Å². The van der Waals surface area contributed by atoms with Crippen molar-refractivity contribution in [1.29, 1.82) is 0 Å². The van der Waals surface area contributed by atoms with Crippen LogP contribution in [-0.2, 0) is 13.2 Å². The Bertz CT molecular complexity index is 959. The van der Waals surface area contributed by atoms with E-state index < -0.39 is 23.1 Å². The second-order valence-electron chi connectivity index (χ2n) is 5.32. The zero-order valence-corrected chi connectivity index (χ0v) is 12.5. The molecule has 0 aliphatic heterocycles. The van der Waals surface area contributed by atoms with Crippen molar-refractivity contribution < 1.29 is 17.6 Å². The quantitative estimate of drug-likeness (QED) is 0.702. The lowest BCUT2D eigenvalue weighted by Crippen LogP contribution is -2.20. The molecule has 24 heavy (non-hydrogen) atoms. The number of fused-ring (bicyclic) bond motifs is 1. The molecule has 1 aromatic heterocycles. The average Bonchev–Trinajstić information content (AvgIpc) is 2.52. The van der Waals surface area contributed by atoms with Gasteiger partial charge < -0.3 is 9.88 Å². The number of hydrogen-bond donors (Lipinski definition) is 1. The van der Waals surface area contributed by atoms with E-state index >= 15 is 0 Å². The fourth-order valence-electron chi connectivity index (χ4n) is 2.47. The third kappa shape index (κ3) is 2.97. The molecule has 124 valence electrons. The van der Waals surface area contributed by atoms with Crippen molar-refractivity contribution in [2.45, 2.75) is 6.18 Å². The minimum atomic E-state index is -4.61. The fourth-order valence-corrected chi connectivity index (χ4v) is 2.47. The molecule has 7 heteroatoms. The molecule has 0 atom stereocenters. The van der Waals surface area contributed by atoms with Gasteiger partial charge in [-0.25, -0.2) is 4.39 Å². The summed E-state index contributed by atoms with van der Waals surface area (Å²) in [6, 6.07) is 10.4. The second-order valence-corrected chi connectivity index (χ2v) is 5.32. The number of alkyl halides is 3. The normalized spacial score (nSPS) is 11.7. The van der Waals surface area contributed by atoms with Gasteiger partial charge in [0.1, 0.15) is 5.82 Å². The predicted octanol–water partition coefficient (Wildman–Crippen LogP) is 4.44. The fraction of sp³-hybridized carbons (Fsp3) is 0.118. The van der Waals surface area contributed by atoms with Crippen LogP contribution in [0.3, 0.4) is 0 Å². The number of aryl methyl sites for hydroxylation is 1. The number of nitrogens with zero attached hydrogens (tertiary/aromatic N) is 1. The predicted molar refractivity (Wildman–Crippen MR) is 83.9 cm³/mol. The summed E-state index contributed by atoms with van der Waals surface area (Å²) in [6.07, 6.45) is -4.61. The Morgan fingerprint density at radius 3 is 2.21 bits per heavy atom. The van der Waals surface area contributed by atoms with Crippen LogP contribution >= 0.6 is 0 Å². The molecule has 0 spiro atoms. The Balaban J connectivity index is 2.12. The lowest BCUT2D eigenvalue weighted by atomic mass is 10.1. The largest absolute Gasteiger partial charge is 0.417 e. The van der Waals surface area contributed by atoms with Gasteiger partial charge in [-0.2, -0.15) is 13.2 Å². The van der Waals surface area contributed by atoms with Gasteiger partial charge in [-0.05, 0) is 36.4 Å². The first-order chi connectivity index (χ1) is 11.3. The molecule has 0 saturated carbocycles. The van der Waals surface area contributed by atoms with Gasteiger partial charge in [-0.3, -0.25) is 4.79 Å². The number of hydrogen-bond acceptors (Lipinski definition) is 2. The Labute approximate surface area is 134 Å². The van der Waals surface area contributed by atoms with E-state index in [-0.39, 0.29) is 10.9 Å². The highest BCUT2D eigenvalue weighted by Crippen LogP contribution is 2.34. The van der Waals surface area contributed by atoms with E-state index in [4.69, 9.17) is 0 Å². The number of nitrogens with one attached hydrogen (secondary N) is 1. The monoisotopic (exact) mass is 336 g/mol. The van der Waals surface area contributed by atoms with Gasteiger partial charge in [0.05, 0.1) is 11.1 Å². The maximum Gasteiger partial charge on any atom is 0.417 e. The second kappa shape index (κ2) is 5.67. The summed E-state index contributed by atoms with van der Waals surface area (Å²) >= 11 is 0. The van der Waals surface area contributed by atoms with Crippen LogP contribution in [0, 0.1) is 5.82 Å². The summed E-state index contributed by atoms with van der Waals surface area (Å²) < 4.78 is 53.4. The van der Waals surface area contributed by atoms with Crippen molar-refractivity contribution in [3.63, 3.8) is 0 Å². The number of benzene rings is 2. The van der Waals surface area contributed by atoms with Crippen LogP contribution in [0.2, 0.25) is 0 Å². The Morgan fingerprint density at radius 1 is 0.958 bits per heavy atom. The van der Waals surface area contributed by atoms with Crippen LogP contribution in [-0.4, -0.2) is 4.57 Å². The number of halogens is 4. The van der Waals surface area contributed by atoms with Crippen molar-refractivity contribution in [3.05, 3.63) is 70.3 Å². The Kier molecular flexibility index (Phi) is 3.79. The first-order valence-corrected chi connectivity index (χ1v) is 6.99. The summed E-state index contributed by atoms with van der Waals surface area (Å²) in [4.78, 5) is 11.8. The van der Waals surface area contributed by atoms with Crippen LogP contribution < -0.4 is 10.9 Å². The molecule has 0 radical (unpaired) electrons. The van der Waals surface area contributed by atoms with E-state index in [1.54, 1.807) is 0 Å². The van der Waals surface area contributed by atoms with Crippen LogP contribution in [0.5, 0.6) is 0 Å². The number of pyridine rings is 1. The molecule has 0 bridgehead atoms. The zero-order valence-electron chi connectivity index (χ0n) is 12.5. The summed E-state index contributed by atoms with van der Waals surface area (Å²) in [7, 11) is 1.41. The third-order valence-corrected chi connectivity index (χ3v) is 3.69. The van der Waals surface area contributed by atoms with E-state index in [2.05, 4.69) is 5.32 Å². The highest BCUT2D eigenvalue weighted by atomic mass is 19.4. The highest BCUT2D eigenvalue weighted by molar-refractivity contribution is 5.87. The first-order valence-electron chi connectivity index (χ1n) is 6.99. The minimum absolute atomic E-state index is 0.0609. The molecule has 0 aliphatic rings. The van der Waals surface area contributed by atoms with Crippen molar-refractivity contribution in [2.24, 2.45) is 7.05 Å². The molecule has 0 aliphatic carbocycles. The van der Waals surface area contributed by atoms with Crippen molar-refractivity contribution >= 4 is 22.3 Å². The van der Waals surface area contributed by atoms with Crippen LogP contribution in [0.15, 0.2) is 53.3 Å². The lowest BCUT2D eigenvalue weighted by molar-refractivity contribution is -0.136. The molecular formula is C17H12F4N2O. The van der Waals surface area contributed by atoms with Gasteiger partial charge in [0, 0.05) is 29.9 Å². The molecule has 0 fully saturated rings. The molecule has 0 amide bonds. The standard InChI is InChI=1S/C17H12F4N2O/c1-23-15-8-12(22-11-4-2-10(18)3-5-11)6-7-13(15)14(9-16(23)24)17(19,20)21/h2-9,22H,1H3. The number of rotatable bonds is 2. The summed E-state index contributed by atoms with van der Waals surface area (Å²) in [6.45, 7) is 0. The van der Waals surface area contributed by atoms with Gasteiger partial charge in [0.2, 0.25) is 0 Å². The maximum atomic E-state index is 13.1. The van der Waals surface area contributed by atoms with E-state index in [9.17, 15) is 22.4 Å². The van der Waals surface area contributed by atoms with Crippen molar-refractivity contribution in [1.82, 2.24) is 4.57 Å². The van der Waals surface area contributed by atoms with E-state index in [0.717, 1.165) is 4.57 Å². The van der Waals surface area contributed by atoms with E-state index in [1.807, 2.05) is 0 Å². The topological polar surface area (TPSA) is 34.0 Å². The molecule has 0 unspecified atom stereocenters. The SMILES string of the molecule is Cn1c(=O)cc(C(F)(F)F)c2ccc(Nc3ccc(F)cc3)cc21. The van der Waals surface area contributed by atoms with Gasteiger partial charge in [-0.1, -0.05) is 6.07 Å². The third-order valence-electron chi connectivity index (χ3n) is 3.69. The van der Waals surface area contributed by atoms with Crippen molar-refractivity contribution in [2.75, 3.05) is 5.32 Å². The molecule has 3 aromatic rings. The highest BCUT2D eigenvalue weighted by Gasteiger charge is 2.33. The number of aromatic nitrogens is 1. The number of anilines is 2. The van der Waals surface area contributed by atoms with Crippen LogP contribution in [0.25, 0.3) is 10.9 Å². The Morgan fingerprint density at radius 2 is 1.58 bits per heavy atom. The maximum absolute atomic E-state index is 13.1. The Hall–Kier alpha value is -2.83. The first kappa shape index (κ1) is 16.0. The van der Waals surface area contributed by atoms with Crippen LogP contribution in [0.4, 0.5) is 28.9 Å². The smallest absolute Gasteiger partial charge is 0.355 e. The molecule has 2 aromatic carbocycles. The molecule has 3 nitrogen and oxygen atoms in total. The average molecular weight is 336 g/mol. The van der Waals surface area contributed by atoms with Crippen LogP contribution in [0.1, 0.15) is 5.56 Å². The molecule has 1 N–H and O–H groups in total.